The van der Waals surface area contributed by atoms with Gasteiger partial charge in [0.2, 0.25) is 0 Å². The fourth-order valence-corrected chi connectivity index (χ4v) is 2.74. The molecule has 1 fully saturated rings. The molecule has 1 aromatic heterocycles. The highest BCUT2D eigenvalue weighted by molar-refractivity contribution is 5.94. The van der Waals surface area contributed by atoms with E-state index in [1.54, 1.807) is 18.8 Å². The Morgan fingerprint density at radius 2 is 2.26 bits per heavy atom. The number of aryl methyl sites for hydroxylation is 1. The van der Waals surface area contributed by atoms with Gasteiger partial charge in [-0.1, -0.05) is 19.1 Å². The van der Waals surface area contributed by atoms with E-state index in [4.69, 9.17) is 9.47 Å². The van der Waals surface area contributed by atoms with Crippen molar-refractivity contribution in [2.75, 3.05) is 19.0 Å². The Labute approximate surface area is 135 Å². The second-order valence-corrected chi connectivity index (χ2v) is 5.82. The first-order valence-corrected chi connectivity index (χ1v) is 7.69. The number of rotatable bonds is 4. The third-order valence-corrected chi connectivity index (χ3v) is 4.14. The fourth-order valence-electron chi connectivity index (χ4n) is 2.74. The zero-order chi connectivity index (χ0) is 16.4. The Hall–Kier alpha value is -2.34. The first kappa shape index (κ1) is 15.6. The summed E-state index contributed by atoms with van der Waals surface area (Å²) in [6.07, 6.45) is 0.531. The van der Waals surface area contributed by atoms with Gasteiger partial charge >= 0.3 is 0 Å². The van der Waals surface area contributed by atoms with Crippen molar-refractivity contribution in [3.05, 3.63) is 30.3 Å². The van der Waals surface area contributed by atoms with Crippen molar-refractivity contribution in [3.8, 4) is 17.0 Å². The zero-order valence-electron chi connectivity index (χ0n) is 13.6. The van der Waals surface area contributed by atoms with E-state index in [1.165, 1.54) is 0 Å². The first-order chi connectivity index (χ1) is 11.1. The minimum absolute atomic E-state index is 0.116. The number of carbonyl (C=O) groups excluding carboxylic acids is 1. The van der Waals surface area contributed by atoms with Gasteiger partial charge in [0, 0.05) is 25.3 Å². The van der Waals surface area contributed by atoms with Crippen molar-refractivity contribution in [1.29, 1.82) is 0 Å². The zero-order valence-corrected chi connectivity index (χ0v) is 13.6. The molecule has 2 atom stereocenters. The predicted octanol–water partition coefficient (Wildman–Crippen LogP) is 2.46. The van der Waals surface area contributed by atoms with Crippen LogP contribution in [0.5, 0.6) is 5.75 Å². The lowest BCUT2D eigenvalue weighted by atomic mass is 10.0. The Kier molecular flexibility index (Phi) is 4.34. The van der Waals surface area contributed by atoms with Gasteiger partial charge in [-0.25, -0.2) is 0 Å². The summed E-state index contributed by atoms with van der Waals surface area (Å²) in [4.78, 5) is 12.3. The molecule has 0 radical (unpaired) electrons. The van der Waals surface area contributed by atoms with Gasteiger partial charge in [0.25, 0.3) is 5.91 Å². The van der Waals surface area contributed by atoms with Gasteiger partial charge in [-0.2, -0.15) is 5.10 Å². The third kappa shape index (κ3) is 3.22. The monoisotopic (exact) mass is 315 g/mol. The lowest BCUT2D eigenvalue weighted by Crippen LogP contribution is -2.31. The molecule has 0 bridgehead atoms. The van der Waals surface area contributed by atoms with Crippen molar-refractivity contribution in [2.45, 2.75) is 19.4 Å². The summed E-state index contributed by atoms with van der Waals surface area (Å²) in [5.41, 5.74) is 1.72. The van der Waals surface area contributed by atoms with E-state index in [0.29, 0.717) is 12.4 Å². The molecular weight excluding hydrogens is 294 g/mol. The Morgan fingerprint density at radius 1 is 1.43 bits per heavy atom. The van der Waals surface area contributed by atoms with Crippen LogP contribution < -0.4 is 10.1 Å². The summed E-state index contributed by atoms with van der Waals surface area (Å²) in [6, 6.07) is 9.52. The van der Waals surface area contributed by atoms with Crippen LogP contribution in [0.3, 0.4) is 0 Å². The summed E-state index contributed by atoms with van der Waals surface area (Å²) in [7, 11) is 3.43. The van der Waals surface area contributed by atoms with E-state index in [-0.39, 0.29) is 17.9 Å². The van der Waals surface area contributed by atoms with Gasteiger partial charge in [-0.15, -0.1) is 0 Å². The van der Waals surface area contributed by atoms with Gasteiger partial charge in [0.05, 0.1) is 12.8 Å². The molecule has 6 heteroatoms. The number of hydrogen-bond acceptors (Lipinski definition) is 4. The molecule has 1 saturated heterocycles. The Morgan fingerprint density at radius 3 is 2.96 bits per heavy atom. The number of benzene rings is 1. The average Bonchev–Trinajstić information content (AvgIpc) is 3.14. The van der Waals surface area contributed by atoms with E-state index >= 15 is 0 Å². The van der Waals surface area contributed by atoms with Crippen LogP contribution in [0, 0.1) is 5.92 Å². The van der Waals surface area contributed by atoms with Crippen LogP contribution in [0.4, 0.5) is 5.82 Å². The van der Waals surface area contributed by atoms with Crippen LogP contribution >= 0.6 is 0 Å². The first-order valence-electron chi connectivity index (χ1n) is 7.69. The maximum absolute atomic E-state index is 12.3. The lowest BCUT2D eigenvalue weighted by molar-refractivity contribution is -0.126. The third-order valence-electron chi connectivity index (χ3n) is 4.14. The van der Waals surface area contributed by atoms with E-state index in [2.05, 4.69) is 10.4 Å². The number of aromatic nitrogens is 2. The van der Waals surface area contributed by atoms with E-state index < -0.39 is 0 Å². The number of nitrogens with one attached hydrogen (secondary N) is 1. The van der Waals surface area contributed by atoms with Crippen LogP contribution in [-0.2, 0) is 16.6 Å². The molecule has 1 aromatic carbocycles. The Bertz CT molecular complexity index is 711. The van der Waals surface area contributed by atoms with E-state index in [1.807, 2.05) is 37.3 Å². The number of anilines is 1. The summed E-state index contributed by atoms with van der Waals surface area (Å²) in [5.74, 6) is 1.54. The SMILES string of the molecule is COc1cccc(-c2cc(NC(=O)[C@@H]3OCC[C@@H]3C)n(C)n2)c1. The molecule has 0 spiro atoms. The summed E-state index contributed by atoms with van der Waals surface area (Å²) in [5, 5.41) is 7.37. The molecule has 2 aromatic rings. The van der Waals surface area contributed by atoms with Gasteiger partial charge in [-0.05, 0) is 24.5 Å². The number of amides is 1. The maximum Gasteiger partial charge on any atom is 0.254 e. The highest BCUT2D eigenvalue weighted by atomic mass is 16.5. The smallest absolute Gasteiger partial charge is 0.254 e. The molecule has 3 rings (SSSR count). The summed E-state index contributed by atoms with van der Waals surface area (Å²) in [6.45, 7) is 2.67. The minimum Gasteiger partial charge on any atom is -0.497 e. The molecule has 0 unspecified atom stereocenters. The fraction of sp³-hybridized carbons (Fsp3) is 0.412. The maximum atomic E-state index is 12.3. The van der Waals surface area contributed by atoms with Crippen LogP contribution in [0.25, 0.3) is 11.3 Å². The standard InChI is InChI=1S/C17H21N3O3/c1-11-7-8-23-16(11)17(21)18-15-10-14(19-20(15)2)12-5-4-6-13(9-12)22-3/h4-6,9-11,16H,7-8H2,1-3H3,(H,18,21)/t11-,16+/m0/s1. The molecule has 1 N–H and O–H groups in total. The molecule has 6 nitrogen and oxygen atoms in total. The van der Waals surface area contributed by atoms with Crippen molar-refractivity contribution in [2.24, 2.45) is 13.0 Å². The molecule has 0 aliphatic carbocycles. The molecule has 1 aliphatic heterocycles. The van der Waals surface area contributed by atoms with Crippen LogP contribution in [0.1, 0.15) is 13.3 Å². The molecular formula is C17H21N3O3. The van der Waals surface area contributed by atoms with E-state index in [0.717, 1.165) is 23.4 Å². The number of nitrogens with zero attached hydrogens (tertiary/aromatic N) is 2. The van der Waals surface area contributed by atoms with Crippen LogP contribution in [0.15, 0.2) is 30.3 Å². The van der Waals surface area contributed by atoms with Crippen molar-refractivity contribution in [3.63, 3.8) is 0 Å². The molecule has 1 aliphatic rings. The average molecular weight is 315 g/mol. The van der Waals surface area contributed by atoms with Gasteiger partial charge in [-0.3, -0.25) is 9.48 Å². The quantitative estimate of drug-likeness (QED) is 0.941. The molecule has 2 heterocycles. The van der Waals surface area contributed by atoms with E-state index in [9.17, 15) is 4.79 Å². The second kappa shape index (κ2) is 6.42. The summed E-state index contributed by atoms with van der Waals surface area (Å²) < 4.78 is 12.4. The van der Waals surface area contributed by atoms with Crippen LogP contribution in [-0.4, -0.2) is 35.5 Å². The van der Waals surface area contributed by atoms with Gasteiger partial charge in [0.1, 0.15) is 17.7 Å². The highest BCUT2D eigenvalue weighted by Gasteiger charge is 2.31. The predicted molar refractivity (Wildman–Crippen MR) is 87.3 cm³/mol. The minimum atomic E-state index is -0.384. The summed E-state index contributed by atoms with van der Waals surface area (Å²) >= 11 is 0. The largest absolute Gasteiger partial charge is 0.497 e. The Balaban J connectivity index is 1.79. The lowest BCUT2D eigenvalue weighted by Gasteiger charge is -2.14. The second-order valence-electron chi connectivity index (χ2n) is 5.82. The molecule has 0 saturated carbocycles. The van der Waals surface area contributed by atoms with Gasteiger partial charge in [0.15, 0.2) is 0 Å². The van der Waals surface area contributed by atoms with Crippen molar-refractivity contribution in [1.82, 2.24) is 9.78 Å². The molecule has 23 heavy (non-hydrogen) atoms. The normalized spacial score (nSPS) is 20.5. The number of methoxy groups -OCH3 is 1. The topological polar surface area (TPSA) is 65.4 Å². The van der Waals surface area contributed by atoms with Crippen molar-refractivity contribution >= 4 is 11.7 Å². The number of hydrogen-bond donors (Lipinski definition) is 1. The molecule has 122 valence electrons. The number of carbonyl (C=O) groups is 1. The van der Waals surface area contributed by atoms with Gasteiger partial charge < -0.3 is 14.8 Å². The van der Waals surface area contributed by atoms with Crippen molar-refractivity contribution < 1.29 is 14.3 Å². The number of ether oxygens (including phenoxy) is 2. The molecule has 1 amide bonds. The van der Waals surface area contributed by atoms with Crippen LogP contribution in [0.2, 0.25) is 0 Å². The highest BCUT2D eigenvalue weighted by Crippen LogP contribution is 2.26.